The third-order valence-electron chi connectivity index (χ3n) is 4.59. The van der Waals surface area contributed by atoms with Gasteiger partial charge in [0.25, 0.3) is 0 Å². The number of thiophene rings is 1. The van der Waals surface area contributed by atoms with Gasteiger partial charge in [-0.1, -0.05) is 29.8 Å². The van der Waals surface area contributed by atoms with E-state index in [-0.39, 0.29) is 0 Å². The molecule has 4 N–H and O–H groups in total. The lowest BCUT2D eigenvalue weighted by molar-refractivity contribution is -0.231. The van der Waals surface area contributed by atoms with Gasteiger partial charge < -0.3 is 25.2 Å². The van der Waals surface area contributed by atoms with Crippen molar-refractivity contribution < 1.29 is 25.2 Å². The Kier molecular flexibility index (Phi) is 5.80. The van der Waals surface area contributed by atoms with E-state index in [0.717, 1.165) is 20.3 Å². The minimum Gasteiger partial charge on any atom is -0.394 e. The van der Waals surface area contributed by atoms with E-state index >= 15 is 0 Å². The van der Waals surface area contributed by atoms with Crippen LogP contribution < -0.4 is 0 Å². The fourth-order valence-corrected chi connectivity index (χ4v) is 4.18. The van der Waals surface area contributed by atoms with Crippen molar-refractivity contribution in [3.63, 3.8) is 0 Å². The smallest absolute Gasteiger partial charge is 0.113 e. The molecule has 0 spiro atoms. The van der Waals surface area contributed by atoms with Gasteiger partial charge in [-0.3, -0.25) is 0 Å². The summed E-state index contributed by atoms with van der Waals surface area (Å²) < 4.78 is 6.37. The van der Waals surface area contributed by atoms with Crippen molar-refractivity contribution in [2.75, 3.05) is 6.61 Å². The molecule has 0 aliphatic carbocycles. The van der Waals surface area contributed by atoms with Gasteiger partial charge in [-0.05, 0) is 35.7 Å². The molecular formula is C18H21ClO5S. The molecule has 25 heavy (non-hydrogen) atoms. The zero-order valence-corrected chi connectivity index (χ0v) is 15.2. The van der Waals surface area contributed by atoms with E-state index in [1.807, 2.05) is 37.3 Å². The quantitative estimate of drug-likeness (QED) is 0.645. The Hall–Kier alpha value is -0.990. The predicted octanol–water partition coefficient (Wildman–Crippen LogP) is 1.82. The Morgan fingerprint density at radius 3 is 2.48 bits per heavy atom. The minimum absolute atomic E-state index is 0.437. The lowest BCUT2D eigenvalue weighted by atomic mass is 9.89. The summed E-state index contributed by atoms with van der Waals surface area (Å²) in [5, 5.41) is 39.5. The van der Waals surface area contributed by atoms with Crippen LogP contribution in [0.4, 0.5) is 0 Å². The molecule has 136 valence electrons. The first-order chi connectivity index (χ1) is 11.9. The van der Waals surface area contributed by atoms with Gasteiger partial charge in [0.1, 0.15) is 30.5 Å². The maximum Gasteiger partial charge on any atom is 0.113 e. The summed E-state index contributed by atoms with van der Waals surface area (Å²) >= 11 is 7.51. The molecule has 3 unspecified atom stereocenters. The lowest BCUT2D eigenvalue weighted by Crippen LogP contribution is -2.55. The molecule has 1 aliphatic heterocycles. The van der Waals surface area contributed by atoms with Crippen molar-refractivity contribution in [2.45, 2.75) is 43.9 Å². The summed E-state index contributed by atoms with van der Waals surface area (Å²) in [6.45, 7) is 1.56. The van der Waals surface area contributed by atoms with Crippen molar-refractivity contribution in [1.82, 2.24) is 0 Å². The van der Waals surface area contributed by atoms with Crippen LogP contribution in [-0.4, -0.2) is 51.4 Å². The monoisotopic (exact) mass is 384 g/mol. The predicted molar refractivity (Wildman–Crippen MR) is 96.0 cm³/mol. The van der Waals surface area contributed by atoms with E-state index < -0.39 is 37.1 Å². The largest absolute Gasteiger partial charge is 0.394 e. The molecule has 1 aromatic carbocycles. The molecule has 2 heterocycles. The third kappa shape index (κ3) is 3.90. The zero-order chi connectivity index (χ0) is 18.1. The molecule has 0 amide bonds. The van der Waals surface area contributed by atoms with Crippen LogP contribution in [0.25, 0.3) is 0 Å². The summed E-state index contributed by atoms with van der Waals surface area (Å²) in [4.78, 5) is 1.12. The van der Waals surface area contributed by atoms with Crippen molar-refractivity contribution in [3.05, 3.63) is 56.2 Å². The first kappa shape index (κ1) is 18.8. The van der Waals surface area contributed by atoms with Crippen LogP contribution in [0.3, 0.4) is 0 Å². The number of aliphatic hydroxyl groups excluding tert-OH is 4. The molecule has 1 aromatic heterocycles. The SMILES string of the molecule is Cc1ccc(C2OC(CO)[C@@H](O)C(O)[C@H]2O)cc1Cc1ccc(Cl)s1. The fraction of sp³-hybridized carbons (Fsp3) is 0.444. The van der Waals surface area contributed by atoms with E-state index in [4.69, 9.17) is 16.3 Å². The highest BCUT2D eigenvalue weighted by molar-refractivity contribution is 7.16. The van der Waals surface area contributed by atoms with Crippen LogP contribution in [0, 0.1) is 6.92 Å². The standard InChI is InChI=1S/C18H21ClO5S/c1-9-2-3-10(6-11(9)7-12-4-5-14(19)25-12)18-17(23)16(22)15(21)13(8-20)24-18/h2-6,13,15-18,20-23H,7-8H2,1H3/t13?,15-,16?,17-,18?/m1/s1. The molecule has 0 saturated carbocycles. The second-order valence-electron chi connectivity index (χ2n) is 6.32. The Balaban J connectivity index is 1.88. The van der Waals surface area contributed by atoms with Crippen molar-refractivity contribution >= 4 is 22.9 Å². The number of benzene rings is 1. The third-order valence-corrected chi connectivity index (χ3v) is 5.82. The van der Waals surface area contributed by atoms with Crippen LogP contribution in [0.15, 0.2) is 30.3 Å². The highest BCUT2D eigenvalue weighted by atomic mass is 35.5. The van der Waals surface area contributed by atoms with Crippen molar-refractivity contribution in [1.29, 1.82) is 0 Å². The first-order valence-corrected chi connectivity index (χ1v) is 9.24. The Morgan fingerprint density at radius 1 is 1.08 bits per heavy atom. The van der Waals surface area contributed by atoms with Gasteiger partial charge in [0.05, 0.1) is 10.9 Å². The average molecular weight is 385 g/mol. The molecule has 5 nitrogen and oxygen atoms in total. The van der Waals surface area contributed by atoms with Crippen LogP contribution in [0.2, 0.25) is 4.34 Å². The van der Waals surface area contributed by atoms with Gasteiger partial charge >= 0.3 is 0 Å². The van der Waals surface area contributed by atoms with Crippen LogP contribution in [-0.2, 0) is 11.2 Å². The van der Waals surface area contributed by atoms with Gasteiger partial charge in [-0.25, -0.2) is 0 Å². The molecule has 0 bridgehead atoms. The van der Waals surface area contributed by atoms with Gasteiger partial charge in [-0.15, -0.1) is 11.3 Å². The summed E-state index contributed by atoms with van der Waals surface area (Å²) in [7, 11) is 0. The highest BCUT2D eigenvalue weighted by Crippen LogP contribution is 2.34. The number of halogens is 1. The van der Waals surface area contributed by atoms with Crippen LogP contribution in [0.1, 0.15) is 27.7 Å². The number of hydrogen-bond acceptors (Lipinski definition) is 6. The molecule has 2 aromatic rings. The number of aryl methyl sites for hydroxylation is 1. The Labute approximate surface area is 155 Å². The number of rotatable bonds is 4. The molecule has 7 heteroatoms. The molecule has 1 aliphatic rings. The minimum atomic E-state index is -1.38. The van der Waals surface area contributed by atoms with E-state index in [2.05, 4.69) is 0 Å². The Morgan fingerprint density at radius 2 is 1.84 bits per heavy atom. The van der Waals surface area contributed by atoms with Crippen LogP contribution in [0.5, 0.6) is 0 Å². The Bertz CT molecular complexity index is 732. The van der Waals surface area contributed by atoms with E-state index in [0.29, 0.717) is 12.0 Å². The van der Waals surface area contributed by atoms with Crippen molar-refractivity contribution in [3.8, 4) is 0 Å². The summed E-state index contributed by atoms with van der Waals surface area (Å²) in [5.41, 5.74) is 2.85. The molecule has 3 rings (SSSR count). The molecule has 0 radical (unpaired) electrons. The lowest BCUT2D eigenvalue weighted by Gasteiger charge is -2.40. The van der Waals surface area contributed by atoms with Crippen molar-refractivity contribution in [2.24, 2.45) is 0 Å². The maximum atomic E-state index is 10.3. The maximum absolute atomic E-state index is 10.3. The molecule has 5 atom stereocenters. The molecular weight excluding hydrogens is 364 g/mol. The summed E-state index contributed by atoms with van der Waals surface area (Å²) in [5.74, 6) is 0. The fourth-order valence-electron chi connectivity index (χ4n) is 3.07. The van der Waals surface area contributed by atoms with Gasteiger partial charge in [-0.2, -0.15) is 0 Å². The number of aliphatic hydroxyl groups is 4. The van der Waals surface area contributed by atoms with Gasteiger partial charge in [0.2, 0.25) is 0 Å². The zero-order valence-electron chi connectivity index (χ0n) is 13.7. The second kappa shape index (κ2) is 7.72. The van der Waals surface area contributed by atoms with Gasteiger partial charge in [0.15, 0.2) is 0 Å². The van der Waals surface area contributed by atoms with Crippen LogP contribution >= 0.6 is 22.9 Å². The normalized spacial score (nSPS) is 29.8. The van der Waals surface area contributed by atoms with E-state index in [1.165, 1.54) is 11.3 Å². The molecule has 1 saturated heterocycles. The first-order valence-electron chi connectivity index (χ1n) is 8.05. The van der Waals surface area contributed by atoms with Gasteiger partial charge in [0, 0.05) is 11.3 Å². The highest BCUT2D eigenvalue weighted by Gasteiger charge is 2.43. The molecule has 1 fully saturated rings. The second-order valence-corrected chi connectivity index (χ2v) is 8.12. The average Bonchev–Trinajstić information content (AvgIpc) is 3.00. The topological polar surface area (TPSA) is 90.2 Å². The van der Waals surface area contributed by atoms with E-state index in [1.54, 1.807) is 0 Å². The summed E-state index contributed by atoms with van der Waals surface area (Å²) in [6.07, 6.45) is -5.03. The van der Waals surface area contributed by atoms with E-state index in [9.17, 15) is 20.4 Å². The number of ether oxygens (including phenoxy) is 1. The number of hydrogen-bond donors (Lipinski definition) is 4. The summed E-state index contributed by atoms with van der Waals surface area (Å²) in [6, 6.07) is 9.52.